The van der Waals surface area contributed by atoms with Crippen molar-refractivity contribution in [2.24, 2.45) is 0 Å². The molecule has 33 heavy (non-hydrogen) atoms. The highest BCUT2D eigenvalue weighted by molar-refractivity contribution is 8.00. The molecule has 3 aromatic rings. The molecule has 0 fully saturated rings. The summed E-state index contributed by atoms with van der Waals surface area (Å²) in [7, 11) is 1.59. The Hall–Kier alpha value is -3.45. The first-order valence-corrected chi connectivity index (χ1v) is 11.7. The van der Waals surface area contributed by atoms with E-state index in [9.17, 15) is 9.59 Å². The van der Waals surface area contributed by atoms with Crippen molar-refractivity contribution < 1.29 is 19.1 Å². The van der Waals surface area contributed by atoms with E-state index in [0.717, 1.165) is 22.4 Å². The minimum Gasteiger partial charge on any atom is -0.493 e. The van der Waals surface area contributed by atoms with E-state index in [2.05, 4.69) is 10.6 Å². The molecule has 0 aliphatic rings. The number of methoxy groups -OCH3 is 1. The van der Waals surface area contributed by atoms with Crippen LogP contribution in [-0.4, -0.2) is 30.4 Å². The molecule has 0 unspecified atom stereocenters. The number of hydrogen-bond donors (Lipinski definition) is 2. The van der Waals surface area contributed by atoms with Gasteiger partial charge in [0.1, 0.15) is 6.61 Å². The van der Waals surface area contributed by atoms with Gasteiger partial charge >= 0.3 is 0 Å². The summed E-state index contributed by atoms with van der Waals surface area (Å²) in [6, 6.07) is 23.1. The minimum absolute atomic E-state index is 0.130. The Morgan fingerprint density at radius 1 is 0.848 bits per heavy atom. The highest BCUT2D eigenvalue weighted by Crippen LogP contribution is 2.28. The van der Waals surface area contributed by atoms with E-state index in [1.54, 1.807) is 7.11 Å². The Bertz CT molecular complexity index is 1070. The largest absolute Gasteiger partial charge is 0.493 e. The molecular formula is C26H28N2O4S. The minimum atomic E-state index is -0.133. The average molecular weight is 465 g/mol. The number of ether oxygens (including phenoxy) is 2. The van der Waals surface area contributed by atoms with Crippen LogP contribution < -0.4 is 20.1 Å². The molecule has 7 heteroatoms. The zero-order valence-electron chi connectivity index (χ0n) is 18.8. The zero-order chi connectivity index (χ0) is 23.5. The predicted octanol–water partition coefficient (Wildman–Crippen LogP) is 4.57. The molecule has 172 valence electrons. The fourth-order valence-corrected chi connectivity index (χ4v) is 3.73. The molecule has 0 heterocycles. The summed E-state index contributed by atoms with van der Waals surface area (Å²) in [6.45, 7) is 2.78. The first-order valence-electron chi connectivity index (χ1n) is 10.6. The van der Waals surface area contributed by atoms with E-state index < -0.39 is 0 Å². The van der Waals surface area contributed by atoms with Gasteiger partial charge < -0.3 is 20.1 Å². The van der Waals surface area contributed by atoms with Crippen LogP contribution in [0.25, 0.3) is 0 Å². The van der Waals surface area contributed by atoms with Crippen LogP contribution in [0.2, 0.25) is 0 Å². The van der Waals surface area contributed by atoms with Gasteiger partial charge in [-0.25, -0.2) is 0 Å². The number of thioether (sulfide) groups is 1. The quantitative estimate of drug-likeness (QED) is 0.435. The highest BCUT2D eigenvalue weighted by Gasteiger charge is 2.09. The summed E-state index contributed by atoms with van der Waals surface area (Å²) in [5.41, 5.74) is 3.80. The molecule has 0 aliphatic carbocycles. The number of rotatable bonds is 11. The van der Waals surface area contributed by atoms with Crippen LogP contribution in [0, 0.1) is 6.92 Å². The first kappa shape index (κ1) is 24.2. The zero-order valence-corrected chi connectivity index (χ0v) is 19.6. The maximum atomic E-state index is 12.2. The lowest BCUT2D eigenvalue weighted by molar-refractivity contribution is -0.118. The van der Waals surface area contributed by atoms with E-state index in [-0.39, 0.29) is 23.3 Å². The molecule has 6 nitrogen and oxygen atoms in total. The topological polar surface area (TPSA) is 76.7 Å². The normalized spacial score (nSPS) is 10.4. The number of hydrogen-bond acceptors (Lipinski definition) is 5. The number of benzene rings is 3. The summed E-state index contributed by atoms with van der Waals surface area (Å²) < 4.78 is 11.3. The second-order valence-electron chi connectivity index (χ2n) is 7.45. The number of amides is 2. The standard InChI is InChI=1S/C26H28N2O4S/c1-19-7-6-10-22(13-19)28-26(30)18-33-17-25(29)27-15-21-11-12-23(24(14-21)31-2)32-16-20-8-4-3-5-9-20/h3-14H,15-18H2,1-2H3,(H,27,29)(H,28,30). The van der Waals surface area contributed by atoms with Crippen LogP contribution in [0.5, 0.6) is 11.5 Å². The lowest BCUT2D eigenvalue weighted by Gasteiger charge is -2.13. The summed E-state index contributed by atoms with van der Waals surface area (Å²) in [6.07, 6.45) is 0. The SMILES string of the molecule is COc1cc(CNC(=O)CSCC(=O)Nc2cccc(C)c2)ccc1OCc1ccccc1. The van der Waals surface area contributed by atoms with Gasteiger partial charge in [0.05, 0.1) is 18.6 Å². The van der Waals surface area contributed by atoms with Crippen molar-refractivity contribution in [3.05, 3.63) is 89.5 Å². The molecule has 0 aliphatic heterocycles. The number of aryl methyl sites for hydroxylation is 1. The Morgan fingerprint density at radius 2 is 1.64 bits per heavy atom. The van der Waals surface area contributed by atoms with Crippen molar-refractivity contribution in [1.82, 2.24) is 5.32 Å². The molecule has 0 atom stereocenters. The Kier molecular flexibility index (Phi) is 9.20. The van der Waals surface area contributed by atoms with E-state index in [4.69, 9.17) is 9.47 Å². The van der Waals surface area contributed by atoms with Gasteiger partial charge in [-0.2, -0.15) is 0 Å². The predicted molar refractivity (Wildman–Crippen MR) is 133 cm³/mol. The molecule has 3 rings (SSSR count). The van der Waals surface area contributed by atoms with Crippen molar-refractivity contribution in [2.75, 3.05) is 23.9 Å². The smallest absolute Gasteiger partial charge is 0.234 e. The van der Waals surface area contributed by atoms with Gasteiger partial charge in [-0.05, 0) is 47.9 Å². The van der Waals surface area contributed by atoms with Crippen molar-refractivity contribution in [3.8, 4) is 11.5 Å². The molecule has 2 N–H and O–H groups in total. The lowest BCUT2D eigenvalue weighted by atomic mass is 10.2. The van der Waals surface area contributed by atoms with Crippen molar-refractivity contribution in [2.45, 2.75) is 20.1 Å². The summed E-state index contributed by atoms with van der Waals surface area (Å²) in [5.74, 6) is 1.41. The molecule has 3 aromatic carbocycles. The van der Waals surface area contributed by atoms with E-state index in [0.29, 0.717) is 24.7 Å². The van der Waals surface area contributed by atoms with Crippen LogP contribution in [0.3, 0.4) is 0 Å². The van der Waals surface area contributed by atoms with Gasteiger partial charge in [0.15, 0.2) is 11.5 Å². The van der Waals surface area contributed by atoms with Crippen molar-refractivity contribution in [3.63, 3.8) is 0 Å². The maximum absolute atomic E-state index is 12.2. The molecule has 0 radical (unpaired) electrons. The first-order chi connectivity index (χ1) is 16.0. The Labute approximate surface area is 198 Å². The van der Waals surface area contributed by atoms with E-state index >= 15 is 0 Å². The van der Waals surface area contributed by atoms with Crippen LogP contribution in [0.4, 0.5) is 5.69 Å². The third-order valence-electron chi connectivity index (χ3n) is 4.72. The van der Waals surface area contributed by atoms with Gasteiger partial charge in [-0.1, -0.05) is 48.5 Å². The van der Waals surface area contributed by atoms with Crippen LogP contribution >= 0.6 is 11.8 Å². The monoisotopic (exact) mass is 464 g/mol. The number of carbonyl (C=O) groups excluding carboxylic acids is 2. The number of nitrogens with one attached hydrogen (secondary N) is 2. The molecule has 2 amide bonds. The average Bonchev–Trinajstić information content (AvgIpc) is 2.82. The summed E-state index contributed by atoms with van der Waals surface area (Å²) >= 11 is 1.27. The van der Waals surface area contributed by atoms with Gasteiger partial charge in [0, 0.05) is 12.2 Å². The fraction of sp³-hybridized carbons (Fsp3) is 0.231. The molecule has 0 aromatic heterocycles. The third-order valence-corrected chi connectivity index (χ3v) is 5.66. The molecular weight excluding hydrogens is 436 g/mol. The van der Waals surface area contributed by atoms with E-state index in [1.807, 2.05) is 79.7 Å². The molecule has 0 saturated carbocycles. The maximum Gasteiger partial charge on any atom is 0.234 e. The van der Waals surface area contributed by atoms with Gasteiger partial charge in [0.25, 0.3) is 0 Å². The van der Waals surface area contributed by atoms with E-state index in [1.165, 1.54) is 11.8 Å². The van der Waals surface area contributed by atoms with Crippen LogP contribution in [-0.2, 0) is 22.7 Å². The molecule has 0 saturated heterocycles. The van der Waals surface area contributed by atoms with Gasteiger partial charge in [0.2, 0.25) is 11.8 Å². The molecule has 0 bridgehead atoms. The lowest BCUT2D eigenvalue weighted by Crippen LogP contribution is -2.25. The second-order valence-corrected chi connectivity index (χ2v) is 8.43. The summed E-state index contributed by atoms with van der Waals surface area (Å²) in [5, 5.41) is 5.71. The Balaban J connectivity index is 1.40. The summed E-state index contributed by atoms with van der Waals surface area (Å²) in [4.78, 5) is 24.2. The molecule has 0 spiro atoms. The Morgan fingerprint density at radius 3 is 2.39 bits per heavy atom. The van der Waals surface area contributed by atoms with Gasteiger partial charge in [-0.3, -0.25) is 9.59 Å². The second kappa shape index (κ2) is 12.6. The third kappa shape index (κ3) is 8.20. The van der Waals surface area contributed by atoms with Crippen molar-refractivity contribution >= 4 is 29.3 Å². The van der Waals surface area contributed by atoms with Crippen LogP contribution in [0.15, 0.2) is 72.8 Å². The van der Waals surface area contributed by atoms with Crippen molar-refractivity contribution in [1.29, 1.82) is 0 Å². The van der Waals surface area contributed by atoms with Crippen LogP contribution in [0.1, 0.15) is 16.7 Å². The number of anilines is 1. The fourth-order valence-electron chi connectivity index (χ4n) is 3.08. The van der Waals surface area contributed by atoms with Gasteiger partial charge in [-0.15, -0.1) is 11.8 Å². The number of carbonyl (C=O) groups is 2. The highest BCUT2D eigenvalue weighted by atomic mass is 32.2.